The molecule has 0 aliphatic carbocycles. The van der Waals surface area contributed by atoms with E-state index in [1.165, 1.54) is 27.1 Å². The number of methoxy groups -OCH3 is 2. The molecule has 3 N–H and O–H groups in total. The van der Waals surface area contributed by atoms with E-state index in [4.69, 9.17) is 13.9 Å². The molecule has 8 heteroatoms. The van der Waals surface area contributed by atoms with E-state index in [1.807, 2.05) is 12.1 Å². The van der Waals surface area contributed by atoms with E-state index in [9.17, 15) is 5.11 Å². The Balaban J connectivity index is 1.62. The molecule has 158 valence electrons. The number of nitrogens with one attached hydrogen (secondary N) is 2. The number of benzene rings is 1. The molecule has 1 aliphatic heterocycles. The summed E-state index contributed by atoms with van der Waals surface area (Å²) in [7, 11) is 4.77. The first-order valence-electron chi connectivity index (χ1n) is 9.82. The number of aliphatic imine (C=N–C) groups is 1. The third-order valence-corrected chi connectivity index (χ3v) is 5.14. The van der Waals surface area contributed by atoms with Crippen LogP contribution in [0.25, 0.3) is 0 Å². The van der Waals surface area contributed by atoms with Crippen LogP contribution in [-0.4, -0.2) is 56.9 Å². The Kier molecular flexibility index (Phi) is 7.24. The quantitative estimate of drug-likeness (QED) is 0.462. The molecule has 2 heterocycles. The molecule has 0 spiro atoms. The van der Waals surface area contributed by atoms with E-state index in [1.54, 1.807) is 25.4 Å². The SMILES string of the molecule is CN=C(NCc1cc(OC)c(O)c(OC)c1)NCC(c1ccco1)N1CCCC1. The van der Waals surface area contributed by atoms with E-state index in [0.29, 0.717) is 30.5 Å². The molecule has 3 rings (SSSR count). The van der Waals surface area contributed by atoms with Crippen LogP contribution in [0.15, 0.2) is 39.9 Å². The highest BCUT2D eigenvalue weighted by Gasteiger charge is 2.25. The Morgan fingerprint density at radius 3 is 2.45 bits per heavy atom. The molecule has 1 aliphatic rings. The highest BCUT2D eigenvalue weighted by atomic mass is 16.5. The maximum absolute atomic E-state index is 10.1. The van der Waals surface area contributed by atoms with Crippen LogP contribution >= 0.6 is 0 Å². The standard InChI is InChI=1S/C21H30N4O4/c1-22-21(23-13-15-11-18(27-2)20(26)19(12-15)28-3)24-14-16(17-7-6-10-29-17)25-8-4-5-9-25/h6-7,10-12,16,26H,4-5,8-9,13-14H2,1-3H3,(H2,22,23,24). The first-order chi connectivity index (χ1) is 14.2. The molecule has 1 aromatic carbocycles. The van der Waals surface area contributed by atoms with Gasteiger partial charge in [0.05, 0.1) is 26.5 Å². The number of furan rings is 1. The van der Waals surface area contributed by atoms with Crippen LogP contribution in [0.4, 0.5) is 0 Å². The van der Waals surface area contributed by atoms with Gasteiger partial charge in [0, 0.05) is 20.1 Å². The van der Waals surface area contributed by atoms with Gasteiger partial charge in [0.1, 0.15) is 5.76 Å². The number of ether oxygens (including phenoxy) is 2. The number of phenolic OH excluding ortho intramolecular Hbond substituents is 1. The molecule has 0 amide bonds. The highest BCUT2D eigenvalue weighted by Crippen LogP contribution is 2.37. The van der Waals surface area contributed by atoms with Crippen molar-refractivity contribution in [3.63, 3.8) is 0 Å². The number of likely N-dealkylation sites (tertiary alicyclic amines) is 1. The fourth-order valence-electron chi connectivity index (χ4n) is 3.59. The summed E-state index contributed by atoms with van der Waals surface area (Å²) < 4.78 is 16.1. The number of rotatable bonds is 8. The van der Waals surface area contributed by atoms with Crippen molar-refractivity contribution in [2.24, 2.45) is 4.99 Å². The summed E-state index contributed by atoms with van der Waals surface area (Å²) in [5.74, 6) is 2.38. The topological polar surface area (TPSA) is 91.5 Å². The first kappa shape index (κ1) is 20.9. The van der Waals surface area contributed by atoms with Gasteiger partial charge in [-0.2, -0.15) is 0 Å². The van der Waals surface area contributed by atoms with E-state index in [2.05, 4.69) is 20.5 Å². The minimum atomic E-state index is -0.00633. The van der Waals surface area contributed by atoms with Crippen LogP contribution in [0.1, 0.15) is 30.2 Å². The van der Waals surface area contributed by atoms with Gasteiger partial charge < -0.3 is 29.6 Å². The molecule has 1 fully saturated rings. The van der Waals surface area contributed by atoms with E-state index in [0.717, 1.165) is 24.4 Å². The number of guanidine groups is 1. The Morgan fingerprint density at radius 1 is 1.21 bits per heavy atom. The van der Waals surface area contributed by atoms with Crippen LogP contribution < -0.4 is 20.1 Å². The van der Waals surface area contributed by atoms with Gasteiger partial charge in [-0.05, 0) is 55.8 Å². The average Bonchev–Trinajstić information content (AvgIpc) is 3.46. The molecular formula is C21H30N4O4. The molecule has 2 aromatic rings. The fraction of sp³-hybridized carbons (Fsp3) is 0.476. The van der Waals surface area contributed by atoms with Crippen LogP contribution in [-0.2, 0) is 6.54 Å². The molecule has 8 nitrogen and oxygen atoms in total. The van der Waals surface area contributed by atoms with Crippen LogP contribution in [0.5, 0.6) is 17.2 Å². The van der Waals surface area contributed by atoms with Crippen LogP contribution in [0.2, 0.25) is 0 Å². The van der Waals surface area contributed by atoms with Gasteiger partial charge in [-0.25, -0.2) is 0 Å². The maximum atomic E-state index is 10.1. The molecule has 0 saturated carbocycles. The van der Waals surface area contributed by atoms with E-state index < -0.39 is 0 Å². The largest absolute Gasteiger partial charge is 0.502 e. The number of hydrogen-bond acceptors (Lipinski definition) is 6. The minimum absolute atomic E-state index is 0.00633. The van der Waals surface area contributed by atoms with Gasteiger partial charge in [0.2, 0.25) is 5.75 Å². The molecule has 0 bridgehead atoms. The summed E-state index contributed by atoms with van der Waals surface area (Å²) in [4.78, 5) is 6.76. The van der Waals surface area contributed by atoms with Gasteiger partial charge in [-0.1, -0.05) is 0 Å². The second-order valence-electron chi connectivity index (χ2n) is 6.93. The lowest BCUT2D eigenvalue weighted by molar-refractivity contribution is 0.215. The third kappa shape index (κ3) is 5.14. The number of nitrogens with zero attached hydrogens (tertiary/aromatic N) is 2. The highest BCUT2D eigenvalue weighted by molar-refractivity contribution is 5.79. The zero-order valence-corrected chi connectivity index (χ0v) is 17.3. The molecular weight excluding hydrogens is 372 g/mol. The van der Waals surface area contributed by atoms with Crippen LogP contribution in [0, 0.1) is 0 Å². The van der Waals surface area contributed by atoms with Crippen molar-refractivity contribution >= 4 is 5.96 Å². The fourth-order valence-corrected chi connectivity index (χ4v) is 3.59. The first-order valence-corrected chi connectivity index (χ1v) is 9.82. The molecule has 1 atom stereocenters. The van der Waals surface area contributed by atoms with E-state index >= 15 is 0 Å². The molecule has 29 heavy (non-hydrogen) atoms. The van der Waals surface area contributed by atoms with Crippen molar-refractivity contribution in [3.05, 3.63) is 41.9 Å². The Bertz CT molecular complexity index is 776. The third-order valence-electron chi connectivity index (χ3n) is 5.14. The number of aromatic hydroxyl groups is 1. The lowest BCUT2D eigenvalue weighted by Gasteiger charge is -2.26. The van der Waals surface area contributed by atoms with Gasteiger partial charge in [0.15, 0.2) is 17.5 Å². The maximum Gasteiger partial charge on any atom is 0.200 e. The normalized spacial score (nSPS) is 15.9. The second kappa shape index (κ2) is 10.1. The van der Waals surface area contributed by atoms with Crippen molar-refractivity contribution in [1.29, 1.82) is 0 Å². The van der Waals surface area contributed by atoms with Gasteiger partial charge in [0.25, 0.3) is 0 Å². The van der Waals surface area contributed by atoms with Crippen LogP contribution in [0.3, 0.4) is 0 Å². The predicted octanol–water partition coefficient (Wildman–Crippen LogP) is 2.50. The minimum Gasteiger partial charge on any atom is -0.502 e. The average molecular weight is 402 g/mol. The van der Waals surface area contributed by atoms with Gasteiger partial charge in [-0.15, -0.1) is 0 Å². The Hall–Kier alpha value is -2.87. The van der Waals surface area contributed by atoms with Crippen molar-refractivity contribution in [1.82, 2.24) is 15.5 Å². The number of phenols is 1. The molecule has 1 saturated heterocycles. The summed E-state index contributed by atoms with van der Waals surface area (Å²) in [6.07, 6.45) is 4.15. The lowest BCUT2D eigenvalue weighted by atomic mass is 10.2. The molecule has 0 radical (unpaired) electrons. The zero-order chi connectivity index (χ0) is 20.6. The van der Waals surface area contributed by atoms with Crippen molar-refractivity contribution in [3.8, 4) is 17.2 Å². The molecule has 1 unspecified atom stereocenters. The Labute approximate surface area is 171 Å². The summed E-state index contributed by atoms with van der Waals surface area (Å²) >= 11 is 0. The zero-order valence-electron chi connectivity index (χ0n) is 17.3. The van der Waals surface area contributed by atoms with Crippen molar-refractivity contribution < 1.29 is 19.0 Å². The summed E-state index contributed by atoms with van der Waals surface area (Å²) in [6.45, 7) is 3.34. The van der Waals surface area contributed by atoms with Gasteiger partial charge in [-0.3, -0.25) is 9.89 Å². The molecule has 1 aromatic heterocycles. The van der Waals surface area contributed by atoms with Crippen molar-refractivity contribution in [2.45, 2.75) is 25.4 Å². The second-order valence-corrected chi connectivity index (χ2v) is 6.93. The summed E-state index contributed by atoms with van der Waals surface area (Å²) in [6, 6.07) is 7.66. The van der Waals surface area contributed by atoms with Crippen molar-refractivity contribution in [2.75, 3.05) is 40.9 Å². The number of hydrogen-bond donors (Lipinski definition) is 3. The lowest BCUT2D eigenvalue weighted by Crippen LogP contribution is -2.42. The van der Waals surface area contributed by atoms with Gasteiger partial charge >= 0.3 is 0 Å². The summed E-state index contributed by atoms with van der Waals surface area (Å²) in [5, 5.41) is 16.8. The Morgan fingerprint density at radius 2 is 1.90 bits per heavy atom. The smallest absolute Gasteiger partial charge is 0.200 e. The monoisotopic (exact) mass is 402 g/mol. The predicted molar refractivity (Wildman–Crippen MR) is 112 cm³/mol. The van der Waals surface area contributed by atoms with E-state index in [-0.39, 0.29) is 11.8 Å². The summed E-state index contributed by atoms with van der Waals surface area (Å²) in [5.41, 5.74) is 0.904.